The van der Waals surface area contributed by atoms with Gasteiger partial charge in [0.2, 0.25) is 0 Å². The van der Waals surface area contributed by atoms with Gasteiger partial charge in [-0.25, -0.2) is 0 Å². The number of carbonyl (C=O) groups excluding carboxylic acids is 2. The first-order valence-electron chi connectivity index (χ1n) is 7.69. The first-order valence-corrected chi connectivity index (χ1v) is 10.1. The van der Waals surface area contributed by atoms with E-state index >= 15 is 0 Å². The summed E-state index contributed by atoms with van der Waals surface area (Å²) in [5.74, 6) is -0.699. The highest BCUT2D eigenvalue weighted by molar-refractivity contribution is 9.11. The molecule has 0 unspecified atom stereocenters. The Morgan fingerprint density at radius 1 is 0.889 bits per heavy atom. The summed E-state index contributed by atoms with van der Waals surface area (Å²) in [6.07, 6.45) is 2.39. The van der Waals surface area contributed by atoms with Gasteiger partial charge in [0, 0.05) is 11.1 Å². The molecule has 2 rings (SSSR count). The summed E-state index contributed by atoms with van der Waals surface area (Å²) in [6.45, 7) is 10.4. The highest BCUT2D eigenvalue weighted by Gasteiger charge is 2.21. The van der Waals surface area contributed by atoms with Crippen LogP contribution in [0.2, 0.25) is 0 Å². The van der Waals surface area contributed by atoms with Crippen molar-refractivity contribution in [1.29, 1.82) is 0 Å². The van der Waals surface area contributed by atoms with Crippen molar-refractivity contribution >= 4 is 55.2 Å². The van der Waals surface area contributed by atoms with Crippen molar-refractivity contribution in [3.8, 4) is 11.5 Å². The largest absolute Gasteiger partial charge is 0.506 e. The van der Waals surface area contributed by atoms with Gasteiger partial charge in [-0.2, -0.15) is 0 Å². The van der Waals surface area contributed by atoms with Crippen LogP contribution in [0.1, 0.15) is 31.8 Å². The molecule has 0 aliphatic heterocycles. The number of aromatic hydroxyl groups is 2. The van der Waals surface area contributed by atoms with E-state index in [0.29, 0.717) is 41.0 Å². The average molecular weight is 512 g/mol. The van der Waals surface area contributed by atoms with E-state index in [1.54, 1.807) is 13.8 Å². The lowest BCUT2D eigenvalue weighted by Gasteiger charge is -2.15. The first kappa shape index (κ1) is 21.5. The molecule has 2 aromatic rings. The summed E-state index contributed by atoms with van der Waals surface area (Å²) >= 11 is 7.63. The molecule has 0 aromatic heterocycles. The highest BCUT2D eigenvalue weighted by Crippen LogP contribution is 2.47. The zero-order valence-corrected chi connectivity index (χ0v) is 18.6. The molecule has 0 radical (unpaired) electrons. The van der Waals surface area contributed by atoms with Gasteiger partial charge < -0.3 is 10.2 Å². The van der Waals surface area contributed by atoms with E-state index in [-0.39, 0.29) is 23.1 Å². The van der Waals surface area contributed by atoms with Gasteiger partial charge in [0.1, 0.15) is 11.5 Å². The van der Waals surface area contributed by atoms with Crippen molar-refractivity contribution in [1.82, 2.24) is 0 Å². The molecule has 2 N–H and O–H groups in total. The first-order chi connectivity index (χ1) is 12.6. The lowest BCUT2D eigenvalue weighted by Crippen LogP contribution is -2.01. The molecule has 27 heavy (non-hydrogen) atoms. The molecule has 0 saturated carbocycles. The fourth-order valence-corrected chi connectivity index (χ4v) is 4.53. The number of halogens is 2. The molecule has 0 heterocycles. The maximum absolute atomic E-state index is 12.1. The van der Waals surface area contributed by atoms with E-state index in [1.807, 2.05) is 0 Å². The van der Waals surface area contributed by atoms with Gasteiger partial charge >= 0.3 is 0 Å². The number of rotatable bonds is 6. The number of carbonyl (C=O) groups is 2. The predicted molar refractivity (Wildman–Crippen MR) is 114 cm³/mol. The van der Waals surface area contributed by atoms with E-state index < -0.39 is 0 Å². The van der Waals surface area contributed by atoms with E-state index in [1.165, 1.54) is 24.3 Å². The second kappa shape index (κ2) is 8.46. The summed E-state index contributed by atoms with van der Waals surface area (Å²) in [7, 11) is 0. The molecule has 0 aliphatic carbocycles. The predicted octanol–water partition coefficient (Wildman–Crippen LogP) is 6.13. The number of hydrogen-bond acceptors (Lipinski definition) is 5. The second-order valence-corrected chi connectivity index (χ2v) is 8.33. The van der Waals surface area contributed by atoms with Crippen molar-refractivity contribution in [3.05, 3.63) is 68.6 Å². The molecule has 0 aliphatic rings. The van der Waals surface area contributed by atoms with Crippen LogP contribution in [0.15, 0.2) is 56.2 Å². The Labute approximate surface area is 178 Å². The van der Waals surface area contributed by atoms with Gasteiger partial charge in [-0.15, -0.1) is 0 Å². The van der Waals surface area contributed by atoms with Crippen molar-refractivity contribution in [2.75, 3.05) is 0 Å². The standard InChI is InChI=1S/C20H16Br2O4S/c1-5-13(23)11-7-15(19(25)17(21)9(11)3)27-16-8-12(14(24)6-2)10(4)18(22)20(16)26/h5-8,25-26H,1-2H2,3-4H3. The molecule has 140 valence electrons. The molecule has 0 fully saturated rings. The van der Waals surface area contributed by atoms with Gasteiger partial charge in [-0.1, -0.05) is 24.9 Å². The number of phenols is 2. The van der Waals surface area contributed by atoms with Gasteiger partial charge in [0.25, 0.3) is 0 Å². The quantitative estimate of drug-likeness (QED) is 0.360. The molecule has 0 spiro atoms. The van der Waals surface area contributed by atoms with Crippen LogP contribution in [0.3, 0.4) is 0 Å². The zero-order chi connectivity index (χ0) is 20.5. The number of allylic oxidation sites excluding steroid dienone is 2. The molecular weight excluding hydrogens is 496 g/mol. The minimum Gasteiger partial charge on any atom is -0.506 e. The Hall–Kier alpha value is -1.83. The third-order valence-corrected chi connectivity index (χ3v) is 7.02. The molecular formula is C20H16Br2O4S. The van der Waals surface area contributed by atoms with Crippen LogP contribution in [0, 0.1) is 13.8 Å². The maximum atomic E-state index is 12.1. The molecule has 7 heteroatoms. The number of benzene rings is 2. The molecule has 0 saturated heterocycles. The fraction of sp³-hybridized carbons (Fsp3) is 0.100. The van der Waals surface area contributed by atoms with Crippen LogP contribution in [0.25, 0.3) is 0 Å². The van der Waals surface area contributed by atoms with E-state index in [0.717, 1.165) is 11.8 Å². The van der Waals surface area contributed by atoms with Crippen LogP contribution < -0.4 is 0 Å². The van der Waals surface area contributed by atoms with E-state index in [9.17, 15) is 19.8 Å². The Morgan fingerprint density at radius 2 is 1.22 bits per heavy atom. The number of hydrogen-bond donors (Lipinski definition) is 2. The molecule has 4 nitrogen and oxygen atoms in total. The van der Waals surface area contributed by atoms with Crippen molar-refractivity contribution in [3.63, 3.8) is 0 Å². The van der Waals surface area contributed by atoms with Crippen molar-refractivity contribution < 1.29 is 19.8 Å². The summed E-state index contributed by atoms with van der Waals surface area (Å²) in [4.78, 5) is 24.9. The zero-order valence-electron chi connectivity index (χ0n) is 14.6. The van der Waals surface area contributed by atoms with Crippen LogP contribution in [0.5, 0.6) is 11.5 Å². The fourth-order valence-electron chi connectivity index (χ4n) is 2.43. The molecule has 0 atom stereocenters. The van der Waals surface area contributed by atoms with E-state index in [2.05, 4.69) is 45.0 Å². The van der Waals surface area contributed by atoms with Crippen LogP contribution in [0.4, 0.5) is 0 Å². The molecule has 2 aromatic carbocycles. The summed E-state index contributed by atoms with van der Waals surface area (Å²) < 4.78 is 0.761. The minimum absolute atomic E-state index is 0.0641. The summed E-state index contributed by atoms with van der Waals surface area (Å²) in [5.41, 5.74) is 1.92. The Bertz CT molecular complexity index is 917. The SMILES string of the molecule is C=CC(=O)c1cc(Sc2cc(C(=O)C=C)c(C)c(Br)c2O)c(O)c(Br)c1C. The molecule has 0 amide bonds. The van der Waals surface area contributed by atoms with Gasteiger partial charge in [0.15, 0.2) is 11.6 Å². The maximum Gasteiger partial charge on any atom is 0.185 e. The summed E-state index contributed by atoms with van der Waals surface area (Å²) in [5, 5.41) is 21.0. The van der Waals surface area contributed by atoms with Gasteiger partial charge in [0.05, 0.1) is 18.7 Å². The topological polar surface area (TPSA) is 74.6 Å². The number of phenolic OH excluding ortho intramolecular Hbond substituents is 2. The van der Waals surface area contributed by atoms with Gasteiger partial charge in [-0.05, 0) is 81.1 Å². The van der Waals surface area contributed by atoms with Crippen LogP contribution in [-0.2, 0) is 0 Å². The van der Waals surface area contributed by atoms with Gasteiger partial charge in [-0.3, -0.25) is 9.59 Å². The molecule has 0 bridgehead atoms. The van der Waals surface area contributed by atoms with Crippen LogP contribution in [-0.4, -0.2) is 21.8 Å². The third-order valence-electron chi connectivity index (χ3n) is 4.02. The summed E-state index contributed by atoms with van der Waals surface area (Å²) in [6, 6.07) is 3.07. The lowest BCUT2D eigenvalue weighted by atomic mass is 10.0. The van der Waals surface area contributed by atoms with Crippen LogP contribution >= 0.6 is 43.6 Å². The Morgan fingerprint density at radius 3 is 1.52 bits per heavy atom. The lowest BCUT2D eigenvalue weighted by molar-refractivity contribution is 0.103. The monoisotopic (exact) mass is 510 g/mol. The Kier molecular flexibility index (Phi) is 6.72. The van der Waals surface area contributed by atoms with Crippen molar-refractivity contribution in [2.24, 2.45) is 0 Å². The van der Waals surface area contributed by atoms with Crippen molar-refractivity contribution in [2.45, 2.75) is 23.6 Å². The third kappa shape index (κ3) is 4.05. The van der Waals surface area contributed by atoms with E-state index in [4.69, 9.17) is 0 Å². The normalized spacial score (nSPS) is 10.5. The minimum atomic E-state index is -0.285. The average Bonchev–Trinajstić information content (AvgIpc) is 2.67. The highest BCUT2D eigenvalue weighted by atomic mass is 79.9. The smallest absolute Gasteiger partial charge is 0.185 e. The number of ketones is 2. The Balaban J connectivity index is 2.67. The second-order valence-electron chi connectivity index (χ2n) is 5.66.